The highest BCUT2D eigenvalue weighted by atomic mass is 19.1. The molecular formula is C17H27FN2O2. The number of ether oxygens (including phenoxy) is 1. The first-order chi connectivity index (χ1) is 10.4. The van der Waals surface area contributed by atoms with Gasteiger partial charge in [-0.1, -0.05) is 32.9 Å². The number of hydrogen-bond donors (Lipinski definition) is 1. The Bertz CT molecular complexity index is 479. The minimum Gasteiger partial charge on any atom is -0.478 e. The molecule has 1 aromatic rings. The van der Waals surface area contributed by atoms with Gasteiger partial charge in [-0.05, 0) is 30.9 Å². The summed E-state index contributed by atoms with van der Waals surface area (Å²) in [6.07, 6.45) is 0.529. The van der Waals surface area contributed by atoms with Crippen molar-refractivity contribution < 1.29 is 13.9 Å². The van der Waals surface area contributed by atoms with Crippen LogP contribution in [0.1, 0.15) is 33.6 Å². The largest absolute Gasteiger partial charge is 0.478 e. The Labute approximate surface area is 132 Å². The highest BCUT2D eigenvalue weighted by Crippen LogP contribution is 2.19. The molecule has 22 heavy (non-hydrogen) atoms. The average Bonchev–Trinajstić information content (AvgIpc) is 2.50. The number of para-hydroxylation sites is 1. The third-order valence-electron chi connectivity index (χ3n) is 3.78. The first-order valence-corrected chi connectivity index (χ1v) is 7.78. The summed E-state index contributed by atoms with van der Waals surface area (Å²) < 4.78 is 19.2. The average molecular weight is 310 g/mol. The second kappa shape index (κ2) is 8.73. The molecule has 2 unspecified atom stereocenters. The molecule has 0 saturated carbocycles. The number of carbonyl (C=O) groups is 1. The van der Waals surface area contributed by atoms with E-state index in [0.29, 0.717) is 18.9 Å². The van der Waals surface area contributed by atoms with E-state index in [-0.39, 0.29) is 17.7 Å². The van der Waals surface area contributed by atoms with Crippen LogP contribution in [0, 0.1) is 11.7 Å². The van der Waals surface area contributed by atoms with Crippen LogP contribution >= 0.6 is 0 Å². The lowest BCUT2D eigenvalue weighted by atomic mass is 10.0. The first kappa shape index (κ1) is 18.4. The minimum atomic E-state index is -0.683. The van der Waals surface area contributed by atoms with E-state index in [1.807, 2.05) is 6.92 Å². The van der Waals surface area contributed by atoms with Crippen LogP contribution in [0.25, 0.3) is 0 Å². The van der Waals surface area contributed by atoms with Gasteiger partial charge in [0, 0.05) is 19.6 Å². The van der Waals surface area contributed by atoms with E-state index in [9.17, 15) is 9.18 Å². The zero-order valence-electron chi connectivity index (χ0n) is 13.9. The van der Waals surface area contributed by atoms with E-state index in [1.54, 1.807) is 24.1 Å². The van der Waals surface area contributed by atoms with E-state index in [0.717, 1.165) is 6.42 Å². The molecule has 0 aromatic heterocycles. The summed E-state index contributed by atoms with van der Waals surface area (Å²) in [5.41, 5.74) is 6.00. The fraction of sp³-hybridized carbons (Fsp3) is 0.588. The first-order valence-electron chi connectivity index (χ1n) is 7.78. The number of hydrogen-bond acceptors (Lipinski definition) is 3. The molecule has 4 nitrogen and oxygen atoms in total. The molecule has 0 spiro atoms. The van der Waals surface area contributed by atoms with Gasteiger partial charge in [0.25, 0.3) is 5.91 Å². The molecule has 0 heterocycles. The van der Waals surface area contributed by atoms with Crippen molar-refractivity contribution in [3.8, 4) is 5.75 Å². The van der Waals surface area contributed by atoms with Gasteiger partial charge in [-0.3, -0.25) is 4.79 Å². The lowest BCUT2D eigenvalue weighted by Crippen LogP contribution is -2.42. The Morgan fingerprint density at radius 2 is 2.00 bits per heavy atom. The number of halogens is 1. The van der Waals surface area contributed by atoms with Crippen molar-refractivity contribution in [2.75, 3.05) is 13.6 Å². The summed E-state index contributed by atoms with van der Waals surface area (Å²) in [4.78, 5) is 14.0. The monoisotopic (exact) mass is 310 g/mol. The molecule has 2 N–H and O–H groups in total. The van der Waals surface area contributed by atoms with Gasteiger partial charge in [-0.15, -0.1) is 0 Å². The number of benzene rings is 1. The number of carbonyl (C=O) groups excluding carboxylic acids is 1. The van der Waals surface area contributed by atoms with Gasteiger partial charge in [-0.2, -0.15) is 0 Å². The van der Waals surface area contributed by atoms with Crippen LogP contribution in [0.4, 0.5) is 4.39 Å². The fourth-order valence-corrected chi connectivity index (χ4v) is 2.03. The summed E-state index contributed by atoms with van der Waals surface area (Å²) in [7, 11) is 1.72. The van der Waals surface area contributed by atoms with Crippen LogP contribution < -0.4 is 10.5 Å². The van der Waals surface area contributed by atoms with Gasteiger partial charge in [-0.25, -0.2) is 4.39 Å². The predicted octanol–water partition coefficient (Wildman–Crippen LogP) is 2.81. The van der Waals surface area contributed by atoms with Crippen molar-refractivity contribution >= 4 is 5.91 Å². The molecule has 1 rings (SSSR count). The van der Waals surface area contributed by atoms with Crippen LogP contribution in [0.5, 0.6) is 5.75 Å². The Morgan fingerprint density at radius 3 is 2.55 bits per heavy atom. The van der Waals surface area contributed by atoms with Gasteiger partial charge < -0.3 is 15.4 Å². The summed E-state index contributed by atoms with van der Waals surface area (Å²) in [5, 5.41) is 0. The summed E-state index contributed by atoms with van der Waals surface area (Å²) in [6.45, 7) is 6.53. The normalized spacial score (nSPS) is 13.8. The molecule has 0 aliphatic carbocycles. The van der Waals surface area contributed by atoms with Crippen molar-refractivity contribution in [2.24, 2.45) is 11.7 Å². The van der Waals surface area contributed by atoms with Crippen LogP contribution in [0.2, 0.25) is 0 Å². The van der Waals surface area contributed by atoms with Crippen molar-refractivity contribution in [1.82, 2.24) is 4.90 Å². The number of amides is 1. The van der Waals surface area contributed by atoms with Crippen LogP contribution in [0.15, 0.2) is 24.3 Å². The fourth-order valence-electron chi connectivity index (χ4n) is 2.03. The number of nitrogens with zero attached hydrogens (tertiary/aromatic N) is 1. The van der Waals surface area contributed by atoms with E-state index >= 15 is 0 Å². The molecule has 0 saturated heterocycles. The quantitative estimate of drug-likeness (QED) is 0.803. The van der Waals surface area contributed by atoms with E-state index in [2.05, 4.69) is 13.8 Å². The second-order valence-electron chi connectivity index (χ2n) is 5.90. The van der Waals surface area contributed by atoms with Gasteiger partial charge in [0.05, 0.1) is 0 Å². The van der Waals surface area contributed by atoms with Crippen molar-refractivity contribution in [2.45, 2.75) is 45.8 Å². The van der Waals surface area contributed by atoms with Crippen molar-refractivity contribution in [1.29, 1.82) is 0 Å². The Balaban J connectivity index is 2.62. The maximum atomic E-state index is 13.6. The standard InChI is InChI=1S/C17H27FN2O2/c1-5-15(22-16-9-7-6-8-13(16)18)17(21)20(4)11-10-14(19)12(2)3/h6-9,12,14-15H,5,10-11,19H2,1-4H3. The summed E-state index contributed by atoms with van der Waals surface area (Å²) >= 11 is 0. The second-order valence-corrected chi connectivity index (χ2v) is 5.90. The highest BCUT2D eigenvalue weighted by molar-refractivity contribution is 5.81. The Morgan fingerprint density at radius 1 is 1.36 bits per heavy atom. The predicted molar refractivity (Wildman–Crippen MR) is 86.2 cm³/mol. The molecular weight excluding hydrogens is 283 g/mol. The SMILES string of the molecule is CCC(Oc1ccccc1F)C(=O)N(C)CCC(N)C(C)C. The lowest BCUT2D eigenvalue weighted by molar-refractivity contribution is -0.137. The number of rotatable bonds is 8. The molecule has 0 aliphatic heterocycles. The van der Waals surface area contributed by atoms with Gasteiger partial charge in [0.2, 0.25) is 0 Å². The maximum Gasteiger partial charge on any atom is 0.263 e. The van der Waals surface area contributed by atoms with Gasteiger partial charge in [0.15, 0.2) is 17.7 Å². The Kier molecular flexibility index (Phi) is 7.32. The van der Waals surface area contributed by atoms with E-state index in [4.69, 9.17) is 10.5 Å². The van der Waals surface area contributed by atoms with E-state index in [1.165, 1.54) is 12.1 Å². The van der Waals surface area contributed by atoms with Crippen LogP contribution in [-0.4, -0.2) is 36.5 Å². The van der Waals surface area contributed by atoms with Crippen LogP contribution in [-0.2, 0) is 4.79 Å². The number of nitrogens with two attached hydrogens (primary N) is 1. The summed E-state index contributed by atoms with van der Waals surface area (Å²) in [5.74, 6) is -0.130. The number of likely N-dealkylation sites (N-methyl/N-ethyl adjacent to an activating group) is 1. The lowest BCUT2D eigenvalue weighted by Gasteiger charge is -2.25. The third-order valence-corrected chi connectivity index (χ3v) is 3.78. The molecule has 0 bridgehead atoms. The maximum absolute atomic E-state index is 13.6. The van der Waals surface area contributed by atoms with Crippen molar-refractivity contribution in [3.63, 3.8) is 0 Å². The molecule has 1 aromatic carbocycles. The molecule has 124 valence electrons. The molecule has 2 atom stereocenters. The molecule has 0 radical (unpaired) electrons. The zero-order valence-corrected chi connectivity index (χ0v) is 13.9. The van der Waals surface area contributed by atoms with Crippen LogP contribution in [0.3, 0.4) is 0 Å². The smallest absolute Gasteiger partial charge is 0.263 e. The molecule has 0 aliphatic rings. The van der Waals surface area contributed by atoms with Crippen molar-refractivity contribution in [3.05, 3.63) is 30.1 Å². The highest BCUT2D eigenvalue weighted by Gasteiger charge is 2.23. The Hall–Kier alpha value is -1.62. The molecule has 1 amide bonds. The molecule has 5 heteroatoms. The topological polar surface area (TPSA) is 55.6 Å². The zero-order chi connectivity index (χ0) is 16.7. The van der Waals surface area contributed by atoms with E-state index < -0.39 is 11.9 Å². The van der Waals surface area contributed by atoms with Gasteiger partial charge >= 0.3 is 0 Å². The summed E-state index contributed by atoms with van der Waals surface area (Å²) in [6, 6.07) is 6.17. The minimum absolute atomic E-state index is 0.0582. The molecule has 0 fully saturated rings. The van der Waals surface area contributed by atoms with Gasteiger partial charge in [0.1, 0.15) is 0 Å². The third kappa shape index (κ3) is 5.30.